The Morgan fingerprint density at radius 2 is 1.90 bits per heavy atom. The van der Waals surface area contributed by atoms with Gasteiger partial charge in [0.25, 0.3) is 0 Å². The second-order valence-corrected chi connectivity index (χ2v) is 4.12. The van der Waals surface area contributed by atoms with Gasteiger partial charge in [0.1, 0.15) is 11.8 Å². The molecule has 2 rings (SSSR count). The molecule has 1 heterocycles. The number of halogens is 3. The molecule has 0 atom stereocenters. The van der Waals surface area contributed by atoms with Gasteiger partial charge in [0.15, 0.2) is 0 Å². The first-order chi connectivity index (χ1) is 9.39. The molecule has 2 aromatic rings. The van der Waals surface area contributed by atoms with E-state index in [1.54, 1.807) is 24.4 Å². The molecule has 0 aliphatic heterocycles. The van der Waals surface area contributed by atoms with Gasteiger partial charge in [0, 0.05) is 18.0 Å². The minimum atomic E-state index is -4.84. The maximum atomic E-state index is 12.3. The number of nitrogens with zero attached hydrogens (tertiary/aromatic N) is 2. The Bertz CT molecular complexity index is 675. The topological polar surface area (TPSA) is 45.9 Å². The highest BCUT2D eigenvalue weighted by Gasteiger charge is 2.32. The highest BCUT2D eigenvalue weighted by atomic mass is 19.4. The Balaban J connectivity index is 2.47. The van der Waals surface area contributed by atoms with Gasteiger partial charge in [-0.3, -0.25) is 4.98 Å². The highest BCUT2D eigenvalue weighted by molar-refractivity contribution is 5.67. The van der Waals surface area contributed by atoms with Crippen LogP contribution in [0.15, 0.2) is 36.7 Å². The lowest BCUT2D eigenvalue weighted by Gasteiger charge is -2.11. The molecule has 6 heteroatoms. The molecular formula is C14H9F3N2O. The zero-order valence-corrected chi connectivity index (χ0v) is 10.4. The number of hydrogen-bond donors (Lipinski definition) is 0. The summed E-state index contributed by atoms with van der Waals surface area (Å²) in [5.74, 6) is -0.515. The standard InChI is InChI=1S/C14H9F3N2O/c1-9-4-12(8-19-7-9)10-2-3-11(6-18)13(5-10)20-14(15,16)17/h2-5,7-8H,1H3. The SMILES string of the molecule is Cc1cncc(-c2ccc(C#N)c(OC(F)(F)F)c2)c1. The van der Waals surface area contributed by atoms with Crippen LogP contribution in [0.4, 0.5) is 13.2 Å². The molecule has 0 aliphatic carbocycles. The van der Waals surface area contributed by atoms with E-state index < -0.39 is 12.1 Å². The first-order valence-electron chi connectivity index (χ1n) is 5.61. The summed E-state index contributed by atoms with van der Waals surface area (Å²) < 4.78 is 40.8. The van der Waals surface area contributed by atoms with Crippen LogP contribution < -0.4 is 4.74 Å². The molecule has 0 N–H and O–H groups in total. The van der Waals surface area contributed by atoms with E-state index in [0.29, 0.717) is 11.1 Å². The Labute approximate surface area is 113 Å². The number of benzene rings is 1. The highest BCUT2D eigenvalue weighted by Crippen LogP contribution is 2.31. The van der Waals surface area contributed by atoms with Crippen molar-refractivity contribution in [3.8, 4) is 22.9 Å². The third-order valence-electron chi connectivity index (χ3n) is 2.54. The molecule has 1 aromatic heterocycles. The molecule has 0 saturated carbocycles. The average Bonchev–Trinajstić information content (AvgIpc) is 2.37. The lowest BCUT2D eigenvalue weighted by atomic mass is 10.0. The molecule has 0 radical (unpaired) electrons. The van der Waals surface area contributed by atoms with Crippen molar-refractivity contribution in [2.45, 2.75) is 13.3 Å². The second-order valence-electron chi connectivity index (χ2n) is 4.12. The lowest BCUT2D eigenvalue weighted by molar-refractivity contribution is -0.274. The molecular weight excluding hydrogens is 269 g/mol. The van der Waals surface area contributed by atoms with Crippen molar-refractivity contribution < 1.29 is 17.9 Å². The fourth-order valence-electron chi connectivity index (χ4n) is 1.72. The van der Waals surface area contributed by atoms with Crippen molar-refractivity contribution in [2.75, 3.05) is 0 Å². The zero-order chi connectivity index (χ0) is 14.8. The number of ether oxygens (including phenoxy) is 1. The third kappa shape index (κ3) is 3.26. The summed E-state index contributed by atoms with van der Waals surface area (Å²) in [5.41, 5.74) is 1.86. The molecule has 3 nitrogen and oxygen atoms in total. The molecule has 0 fully saturated rings. The van der Waals surface area contributed by atoms with Crippen molar-refractivity contribution in [1.29, 1.82) is 5.26 Å². The van der Waals surface area contributed by atoms with Crippen LogP contribution in [0, 0.1) is 18.3 Å². The number of rotatable bonds is 2. The summed E-state index contributed by atoms with van der Waals surface area (Å²) in [7, 11) is 0. The molecule has 20 heavy (non-hydrogen) atoms. The second kappa shape index (κ2) is 5.21. The van der Waals surface area contributed by atoms with E-state index in [-0.39, 0.29) is 5.56 Å². The van der Waals surface area contributed by atoms with E-state index in [4.69, 9.17) is 5.26 Å². The van der Waals surface area contributed by atoms with Crippen LogP contribution in [-0.4, -0.2) is 11.3 Å². The van der Waals surface area contributed by atoms with Crippen molar-refractivity contribution >= 4 is 0 Å². The summed E-state index contributed by atoms with van der Waals surface area (Å²) in [6.45, 7) is 1.83. The van der Waals surface area contributed by atoms with E-state index in [0.717, 1.165) is 5.56 Å². The normalized spacial score (nSPS) is 10.9. The van der Waals surface area contributed by atoms with Crippen molar-refractivity contribution in [3.63, 3.8) is 0 Å². The molecule has 1 aromatic carbocycles. The number of alkyl halides is 3. The Morgan fingerprint density at radius 3 is 2.50 bits per heavy atom. The maximum Gasteiger partial charge on any atom is 0.573 e. The number of aryl methyl sites for hydroxylation is 1. The summed E-state index contributed by atoms with van der Waals surface area (Å²) in [6, 6.07) is 7.48. The molecule has 0 bridgehead atoms. The molecule has 0 saturated heterocycles. The van der Waals surface area contributed by atoms with Crippen LogP contribution in [-0.2, 0) is 0 Å². The predicted octanol–water partition coefficient (Wildman–Crippen LogP) is 3.83. The van der Waals surface area contributed by atoms with E-state index >= 15 is 0 Å². The van der Waals surface area contributed by atoms with E-state index in [9.17, 15) is 13.2 Å². The minimum Gasteiger partial charge on any atom is -0.404 e. The number of nitriles is 1. The van der Waals surface area contributed by atoms with Crippen molar-refractivity contribution in [1.82, 2.24) is 4.98 Å². The summed E-state index contributed by atoms with van der Waals surface area (Å²) in [4.78, 5) is 3.98. The van der Waals surface area contributed by atoms with Gasteiger partial charge in [-0.1, -0.05) is 6.07 Å². The molecule has 0 spiro atoms. The number of pyridine rings is 1. The molecule has 0 amide bonds. The number of hydrogen-bond acceptors (Lipinski definition) is 3. The molecule has 0 aliphatic rings. The maximum absolute atomic E-state index is 12.3. The average molecular weight is 278 g/mol. The van der Waals surface area contributed by atoms with E-state index in [1.165, 1.54) is 18.3 Å². The predicted molar refractivity (Wildman–Crippen MR) is 65.8 cm³/mol. The summed E-state index contributed by atoms with van der Waals surface area (Å²) in [5, 5.41) is 8.81. The van der Waals surface area contributed by atoms with Crippen LogP contribution in [0.25, 0.3) is 11.1 Å². The van der Waals surface area contributed by atoms with Crippen LogP contribution in [0.2, 0.25) is 0 Å². The fraction of sp³-hybridized carbons (Fsp3) is 0.143. The fourth-order valence-corrected chi connectivity index (χ4v) is 1.72. The van der Waals surface area contributed by atoms with Gasteiger partial charge < -0.3 is 4.74 Å². The van der Waals surface area contributed by atoms with Gasteiger partial charge in [-0.25, -0.2) is 0 Å². The molecule has 0 unspecified atom stereocenters. The quantitative estimate of drug-likeness (QED) is 0.838. The Kier molecular flexibility index (Phi) is 3.61. The van der Waals surface area contributed by atoms with Crippen molar-refractivity contribution in [2.24, 2.45) is 0 Å². The summed E-state index contributed by atoms with van der Waals surface area (Å²) in [6.07, 6.45) is -1.67. The van der Waals surface area contributed by atoms with E-state index in [1.807, 2.05) is 6.92 Å². The van der Waals surface area contributed by atoms with Gasteiger partial charge in [-0.15, -0.1) is 13.2 Å². The monoisotopic (exact) mass is 278 g/mol. The van der Waals surface area contributed by atoms with Crippen molar-refractivity contribution in [3.05, 3.63) is 47.8 Å². The first kappa shape index (κ1) is 13.9. The van der Waals surface area contributed by atoms with Gasteiger partial charge in [0.2, 0.25) is 0 Å². The van der Waals surface area contributed by atoms with Crippen LogP contribution in [0.5, 0.6) is 5.75 Å². The molecule has 102 valence electrons. The first-order valence-corrected chi connectivity index (χ1v) is 5.61. The number of aromatic nitrogens is 1. The van der Waals surface area contributed by atoms with Crippen LogP contribution in [0.3, 0.4) is 0 Å². The van der Waals surface area contributed by atoms with Gasteiger partial charge in [0.05, 0.1) is 5.56 Å². The van der Waals surface area contributed by atoms with Crippen LogP contribution >= 0.6 is 0 Å². The van der Waals surface area contributed by atoms with Crippen LogP contribution in [0.1, 0.15) is 11.1 Å². The van der Waals surface area contributed by atoms with E-state index in [2.05, 4.69) is 9.72 Å². The third-order valence-corrected chi connectivity index (χ3v) is 2.54. The lowest BCUT2D eigenvalue weighted by Crippen LogP contribution is -2.17. The largest absolute Gasteiger partial charge is 0.573 e. The minimum absolute atomic E-state index is 0.174. The Morgan fingerprint density at radius 1 is 1.15 bits per heavy atom. The van der Waals surface area contributed by atoms with Gasteiger partial charge in [-0.05, 0) is 36.2 Å². The Hall–Kier alpha value is -2.55. The van der Waals surface area contributed by atoms with Gasteiger partial charge >= 0.3 is 6.36 Å². The smallest absolute Gasteiger partial charge is 0.404 e. The van der Waals surface area contributed by atoms with Gasteiger partial charge in [-0.2, -0.15) is 5.26 Å². The zero-order valence-electron chi connectivity index (χ0n) is 10.4. The summed E-state index contributed by atoms with van der Waals surface area (Å²) >= 11 is 0.